The van der Waals surface area contributed by atoms with Gasteiger partial charge in [-0.1, -0.05) is 30.3 Å². The summed E-state index contributed by atoms with van der Waals surface area (Å²) >= 11 is 0. The lowest BCUT2D eigenvalue weighted by atomic mass is 10.2. The molecular weight excluding hydrogens is 290 g/mol. The van der Waals surface area contributed by atoms with E-state index in [1.807, 2.05) is 68.4 Å². The van der Waals surface area contributed by atoms with Gasteiger partial charge in [-0.2, -0.15) is 0 Å². The molecule has 2 aromatic carbocycles. The maximum absolute atomic E-state index is 12.1. The number of amides is 1. The number of carbonyl (C=O) groups is 1. The molecule has 4 nitrogen and oxygen atoms in total. The van der Waals surface area contributed by atoms with Crippen molar-refractivity contribution in [2.75, 3.05) is 0 Å². The quantitative estimate of drug-likeness (QED) is 0.850. The number of nitrogens with one attached hydrogen (secondary N) is 1. The minimum atomic E-state index is -0.541. The second-order valence-corrected chi connectivity index (χ2v) is 5.60. The number of carbonyl (C=O) groups excluding carboxylic acids is 1. The normalized spacial score (nSPS) is 11.8. The Labute approximate surface area is 137 Å². The Hall–Kier alpha value is -2.49. The lowest BCUT2D eigenvalue weighted by molar-refractivity contribution is -0.127. The van der Waals surface area contributed by atoms with E-state index in [0.717, 1.165) is 11.3 Å². The smallest absolute Gasteiger partial charge is 0.261 e. The van der Waals surface area contributed by atoms with Crippen LogP contribution in [0.1, 0.15) is 26.3 Å². The molecule has 2 aromatic rings. The third-order valence-electron chi connectivity index (χ3n) is 3.19. The van der Waals surface area contributed by atoms with Gasteiger partial charge >= 0.3 is 0 Å². The Bertz CT molecular complexity index is 608. The Kier molecular flexibility index (Phi) is 6.03. The van der Waals surface area contributed by atoms with Gasteiger partial charge in [-0.05, 0) is 50.6 Å². The lowest BCUT2D eigenvalue weighted by Gasteiger charge is -2.15. The molecular formula is C19H23NO3. The zero-order chi connectivity index (χ0) is 16.7. The Morgan fingerprint density at radius 1 is 0.913 bits per heavy atom. The summed E-state index contributed by atoms with van der Waals surface area (Å²) in [4.78, 5) is 12.1. The highest BCUT2D eigenvalue weighted by atomic mass is 16.5. The van der Waals surface area contributed by atoms with Crippen molar-refractivity contribution in [1.82, 2.24) is 5.32 Å². The summed E-state index contributed by atoms with van der Waals surface area (Å²) in [6.07, 6.45) is -0.391. The van der Waals surface area contributed by atoms with E-state index in [9.17, 15) is 4.79 Å². The van der Waals surface area contributed by atoms with E-state index >= 15 is 0 Å². The number of hydrogen-bond donors (Lipinski definition) is 1. The van der Waals surface area contributed by atoms with Gasteiger partial charge in [0, 0.05) is 6.54 Å². The first-order valence-electron chi connectivity index (χ1n) is 7.79. The van der Waals surface area contributed by atoms with Gasteiger partial charge in [0.2, 0.25) is 0 Å². The van der Waals surface area contributed by atoms with Crippen LogP contribution in [0.3, 0.4) is 0 Å². The van der Waals surface area contributed by atoms with Crippen molar-refractivity contribution < 1.29 is 14.3 Å². The summed E-state index contributed by atoms with van der Waals surface area (Å²) in [6.45, 7) is 6.18. The predicted octanol–water partition coefficient (Wildman–Crippen LogP) is 3.56. The molecule has 0 aliphatic heterocycles. The second-order valence-electron chi connectivity index (χ2n) is 5.60. The fourth-order valence-electron chi connectivity index (χ4n) is 2.05. The Balaban J connectivity index is 1.81. The minimum Gasteiger partial charge on any atom is -0.491 e. The number of rotatable bonds is 7. The van der Waals surface area contributed by atoms with Crippen LogP contribution in [-0.2, 0) is 11.3 Å². The van der Waals surface area contributed by atoms with E-state index < -0.39 is 6.10 Å². The molecule has 1 N–H and O–H groups in total. The van der Waals surface area contributed by atoms with Crippen LogP contribution in [0.25, 0.3) is 0 Å². The van der Waals surface area contributed by atoms with Gasteiger partial charge < -0.3 is 14.8 Å². The molecule has 0 bridgehead atoms. The molecule has 0 heterocycles. The van der Waals surface area contributed by atoms with E-state index in [1.54, 1.807) is 6.92 Å². The van der Waals surface area contributed by atoms with Gasteiger partial charge in [-0.15, -0.1) is 0 Å². The van der Waals surface area contributed by atoms with Gasteiger partial charge in [0.15, 0.2) is 6.10 Å². The first-order valence-corrected chi connectivity index (χ1v) is 7.79. The lowest BCUT2D eigenvalue weighted by Crippen LogP contribution is -2.35. The number of benzene rings is 2. The molecule has 0 spiro atoms. The van der Waals surface area contributed by atoms with Crippen molar-refractivity contribution in [2.45, 2.75) is 39.5 Å². The molecule has 1 atom stereocenters. The van der Waals surface area contributed by atoms with Crippen LogP contribution < -0.4 is 14.8 Å². The highest BCUT2D eigenvalue weighted by Crippen LogP contribution is 2.14. The van der Waals surface area contributed by atoms with Crippen LogP contribution in [0.2, 0.25) is 0 Å². The van der Waals surface area contributed by atoms with Crippen LogP contribution in [0.5, 0.6) is 11.5 Å². The summed E-state index contributed by atoms with van der Waals surface area (Å²) in [5.74, 6) is 1.37. The largest absolute Gasteiger partial charge is 0.491 e. The molecule has 122 valence electrons. The molecule has 4 heteroatoms. The first-order chi connectivity index (χ1) is 11.0. The summed E-state index contributed by atoms with van der Waals surface area (Å²) in [7, 11) is 0. The zero-order valence-corrected chi connectivity index (χ0v) is 13.8. The highest BCUT2D eigenvalue weighted by molar-refractivity contribution is 5.80. The topological polar surface area (TPSA) is 47.6 Å². The summed E-state index contributed by atoms with van der Waals surface area (Å²) in [6, 6.07) is 17.0. The third-order valence-corrected chi connectivity index (χ3v) is 3.19. The van der Waals surface area contributed by atoms with Crippen LogP contribution in [0.15, 0.2) is 54.6 Å². The maximum atomic E-state index is 12.1. The fourth-order valence-corrected chi connectivity index (χ4v) is 2.05. The summed E-state index contributed by atoms with van der Waals surface area (Å²) in [5.41, 5.74) is 1.02. The summed E-state index contributed by atoms with van der Waals surface area (Å²) < 4.78 is 11.2. The molecule has 0 radical (unpaired) electrons. The highest BCUT2D eigenvalue weighted by Gasteiger charge is 2.14. The minimum absolute atomic E-state index is 0.142. The van der Waals surface area contributed by atoms with Crippen molar-refractivity contribution in [1.29, 1.82) is 0 Å². The van der Waals surface area contributed by atoms with Gasteiger partial charge in [-0.3, -0.25) is 4.79 Å². The maximum Gasteiger partial charge on any atom is 0.261 e. The number of ether oxygens (including phenoxy) is 2. The van der Waals surface area contributed by atoms with Crippen molar-refractivity contribution in [2.24, 2.45) is 0 Å². The van der Waals surface area contributed by atoms with Crippen molar-refractivity contribution in [3.63, 3.8) is 0 Å². The average Bonchev–Trinajstić information content (AvgIpc) is 2.54. The Morgan fingerprint density at radius 3 is 2.13 bits per heavy atom. The van der Waals surface area contributed by atoms with E-state index in [1.165, 1.54) is 0 Å². The molecule has 0 aromatic heterocycles. The Morgan fingerprint density at radius 2 is 1.52 bits per heavy atom. The van der Waals surface area contributed by atoms with Crippen molar-refractivity contribution >= 4 is 5.91 Å². The molecule has 2 rings (SSSR count). The molecule has 0 aliphatic rings. The van der Waals surface area contributed by atoms with Crippen LogP contribution in [0, 0.1) is 0 Å². The molecule has 0 saturated carbocycles. The van der Waals surface area contributed by atoms with E-state index in [0.29, 0.717) is 12.3 Å². The third kappa shape index (κ3) is 5.66. The van der Waals surface area contributed by atoms with Gasteiger partial charge in [0.25, 0.3) is 5.91 Å². The van der Waals surface area contributed by atoms with Crippen LogP contribution in [-0.4, -0.2) is 18.1 Å². The van der Waals surface area contributed by atoms with Crippen LogP contribution in [0.4, 0.5) is 0 Å². The van der Waals surface area contributed by atoms with Crippen molar-refractivity contribution in [3.05, 3.63) is 60.2 Å². The monoisotopic (exact) mass is 313 g/mol. The summed E-state index contributed by atoms with van der Waals surface area (Å²) in [5, 5.41) is 2.87. The van der Waals surface area contributed by atoms with E-state index in [2.05, 4.69) is 5.32 Å². The van der Waals surface area contributed by atoms with Gasteiger partial charge in [0.05, 0.1) is 6.10 Å². The molecule has 23 heavy (non-hydrogen) atoms. The fraction of sp³-hybridized carbons (Fsp3) is 0.316. The molecule has 0 fully saturated rings. The SMILES string of the molecule is CC(C)Oc1ccc(CNC(=O)C(C)Oc2ccccc2)cc1. The average molecular weight is 313 g/mol. The standard InChI is InChI=1S/C19H23NO3/c1-14(2)22-18-11-9-16(10-12-18)13-20-19(21)15(3)23-17-7-5-4-6-8-17/h4-12,14-15H,13H2,1-3H3,(H,20,21). The molecule has 1 amide bonds. The first kappa shape index (κ1) is 16.9. The van der Waals surface area contributed by atoms with E-state index in [4.69, 9.17) is 9.47 Å². The molecule has 0 aliphatic carbocycles. The second kappa shape index (κ2) is 8.22. The zero-order valence-electron chi connectivity index (χ0n) is 13.8. The molecule has 1 unspecified atom stereocenters. The predicted molar refractivity (Wildman–Crippen MR) is 90.6 cm³/mol. The molecule has 0 saturated heterocycles. The van der Waals surface area contributed by atoms with Crippen molar-refractivity contribution in [3.8, 4) is 11.5 Å². The number of hydrogen-bond acceptors (Lipinski definition) is 3. The van der Waals surface area contributed by atoms with Gasteiger partial charge in [-0.25, -0.2) is 0 Å². The van der Waals surface area contributed by atoms with Crippen LogP contribution >= 0.6 is 0 Å². The van der Waals surface area contributed by atoms with E-state index in [-0.39, 0.29) is 12.0 Å². The van der Waals surface area contributed by atoms with Gasteiger partial charge in [0.1, 0.15) is 11.5 Å². The number of para-hydroxylation sites is 1.